The molecule has 0 saturated carbocycles. The predicted molar refractivity (Wildman–Crippen MR) is 82.5 cm³/mol. The van der Waals surface area contributed by atoms with E-state index < -0.39 is 0 Å². The zero-order chi connectivity index (χ0) is 13.8. The van der Waals surface area contributed by atoms with Crippen LogP contribution in [0.3, 0.4) is 0 Å². The number of thiocarbonyl (C=S) groups is 1. The first-order valence-corrected chi connectivity index (χ1v) is 6.70. The zero-order valence-corrected chi connectivity index (χ0v) is 12.0. The molecule has 0 unspecified atom stereocenters. The minimum atomic E-state index is 0.427. The first kappa shape index (κ1) is 13.6. The Morgan fingerprint density at radius 1 is 1.37 bits per heavy atom. The Balaban J connectivity index is 2.35. The average molecular weight is 274 g/mol. The fourth-order valence-corrected chi connectivity index (χ4v) is 2.24. The summed E-state index contributed by atoms with van der Waals surface area (Å²) in [6, 6.07) is 10.0. The molecule has 19 heavy (non-hydrogen) atoms. The first-order valence-electron chi connectivity index (χ1n) is 6.29. The van der Waals surface area contributed by atoms with Crippen LogP contribution >= 0.6 is 12.2 Å². The molecule has 100 valence electrons. The van der Waals surface area contributed by atoms with E-state index >= 15 is 0 Å². The maximum Gasteiger partial charge on any atom is 0.123 e. The third kappa shape index (κ3) is 3.15. The average Bonchev–Trinajstić information content (AvgIpc) is 2.89. The van der Waals surface area contributed by atoms with Gasteiger partial charge in [0.1, 0.15) is 10.7 Å². The van der Waals surface area contributed by atoms with Crippen LogP contribution in [0.25, 0.3) is 0 Å². The van der Waals surface area contributed by atoms with E-state index in [0.717, 1.165) is 29.1 Å². The fourth-order valence-electron chi connectivity index (χ4n) is 2.08. The van der Waals surface area contributed by atoms with Gasteiger partial charge in [-0.25, -0.2) is 0 Å². The molecule has 2 aromatic rings. The molecule has 2 N–H and O–H groups in total. The van der Waals surface area contributed by atoms with Crippen LogP contribution in [-0.2, 0) is 6.54 Å². The number of benzene rings is 1. The van der Waals surface area contributed by atoms with Crippen molar-refractivity contribution >= 4 is 22.9 Å². The molecule has 0 fully saturated rings. The molecule has 0 aliphatic carbocycles. The lowest BCUT2D eigenvalue weighted by Crippen LogP contribution is -2.25. The van der Waals surface area contributed by atoms with E-state index in [2.05, 4.69) is 24.0 Å². The lowest BCUT2D eigenvalue weighted by atomic mass is 10.1. The summed E-state index contributed by atoms with van der Waals surface area (Å²) in [6.07, 6.45) is 1.69. The number of hydrogen-bond donors (Lipinski definition) is 1. The number of nitrogens with two attached hydrogens (primary N) is 1. The van der Waals surface area contributed by atoms with E-state index in [0.29, 0.717) is 11.5 Å². The van der Waals surface area contributed by atoms with Gasteiger partial charge in [0, 0.05) is 17.8 Å². The molecule has 0 spiro atoms. The molecule has 3 nitrogen and oxygen atoms in total. The van der Waals surface area contributed by atoms with Crippen LogP contribution in [0, 0.1) is 6.92 Å². The molecule has 0 saturated heterocycles. The highest BCUT2D eigenvalue weighted by Gasteiger charge is 2.13. The number of furan rings is 1. The Labute approximate surface area is 119 Å². The maximum absolute atomic E-state index is 5.83. The summed E-state index contributed by atoms with van der Waals surface area (Å²) in [5, 5.41) is 0. The molecule has 2 rings (SSSR count). The number of hydrogen-bond acceptors (Lipinski definition) is 3. The summed E-state index contributed by atoms with van der Waals surface area (Å²) in [6.45, 7) is 5.71. The lowest BCUT2D eigenvalue weighted by molar-refractivity contribution is 0.503. The second-order valence-corrected chi connectivity index (χ2v) is 4.92. The van der Waals surface area contributed by atoms with Gasteiger partial charge in [-0.3, -0.25) is 0 Å². The summed E-state index contributed by atoms with van der Waals surface area (Å²) in [5.74, 6) is 0.927. The standard InChI is InChI=1S/C15H18N2OS/c1-3-17(10-12-5-4-8-18-12)14-7-6-11(2)9-13(14)15(16)19/h4-9H,3,10H2,1-2H3,(H2,16,19). The quantitative estimate of drug-likeness (QED) is 0.850. The Morgan fingerprint density at radius 2 is 2.16 bits per heavy atom. The summed E-state index contributed by atoms with van der Waals surface area (Å²) in [7, 11) is 0. The Kier molecular flexibility index (Phi) is 4.22. The van der Waals surface area contributed by atoms with E-state index in [-0.39, 0.29) is 0 Å². The lowest BCUT2D eigenvalue weighted by Gasteiger charge is -2.24. The third-order valence-electron chi connectivity index (χ3n) is 3.07. The molecule has 1 aromatic carbocycles. The van der Waals surface area contributed by atoms with Gasteiger partial charge < -0.3 is 15.1 Å². The first-order chi connectivity index (χ1) is 9.11. The van der Waals surface area contributed by atoms with Gasteiger partial charge in [0.25, 0.3) is 0 Å². The van der Waals surface area contributed by atoms with Crippen LogP contribution in [0.5, 0.6) is 0 Å². The van der Waals surface area contributed by atoms with Gasteiger partial charge in [0.15, 0.2) is 0 Å². The predicted octanol–water partition coefficient (Wildman–Crippen LogP) is 3.25. The van der Waals surface area contributed by atoms with Crippen LogP contribution in [0.4, 0.5) is 5.69 Å². The maximum atomic E-state index is 5.83. The van der Waals surface area contributed by atoms with Gasteiger partial charge in [0.2, 0.25) is 0 Å². The van der Waals surface area contributed by atoms with Crippen LogP contribution in [0.1, 0.15) is 23.8 Å². The highest BCUT2D eigenvalue weighted by molar-refractivity contribution is 7.80. The van der Waals surface area contributed by atoms with Gasteiger partial charge in [0.05, 0.1) is 12.8 Å². The van der Waals surface area contributed by atoms with Gasteiger partial charge in [-0.15, -0.1) is 0 Å². The summed E-state index contributed by atoms with van der Waals surface area (Å²) >= 11 is 5.15. The van der Waals surface area contributed by atoms with Crippen molar-refractivity contribution in [3.8, 4) is 0 Å². The van der Waals surface area contributed by atoms with Crippen LogP contribution in [0.2, 0.25) is 0 Å². The van der Waals surface area contributed by atoms with Crippen molar-refractivity contribution in [2.75, 3.05) is 11.4 Å². The summed E-state index contributed by atoms with van der Waals surface area (Å²) in [4.78, 5) is 2.63. The third-order valence-corrected chi connectivity index (χ3v) is 3.29. The molecule has 4 heteroatoms. The number of rotatable bonds is 5. The minimum Gasteiger partial charge on any atom is -0.467 e. The van der Waals surface area contributed by atoms with Crippen molar-refractivity contribution in [1.82, 2.24) is 0 Å². The second-order valence-electron chi connectivity index (χ2n) is 4.48. The second kappa shape index (κ2) is 5.89. The Hall–Kier alpha value is -1.81. The van der Waals surface area contributed by atoms with Gasteiger partial charge in [-0.1, -0.05) is 23.8 Å². The molecule has 0 aliphatic heterocycles. The molecule has 0 atom stereocenters. The SMILES string of the molecule is CCN(Cc1ccco1)c1ccc(C)cc1C(N)=S. The van der Waals surface area contributed by atoms with E-state index in [1.807, 2.05) is 25.1 Å². The monoisotopic (exact) mass is 274 g/mol. The highest BCUT2D eigenvalue weighted by Crippen LogP contribution is 2.24. The van der Waals surface area contributed by atoms with E-state index in [1.165, 1.54) is 0 Å². The molecule has 1 aromatic heterocycles. The van der Waals surface area contributed by atoms with Crippen molar-refractivity contribution in [3.63, 3.8) is 0 Å². The summed E-state index contributed by atoms with van der Waals surface area (Å²) in [5.41, 5.74) is 8.96. The Bertz CT molecular complexity index is 564. The largest absolute Gasteiger partial charge is 0.467 e. The Morgan fingerprint density at radius 3 is 2.74 bits per heavy atom. The van der Waals surface area contributed by atoms with Crippen molar-refractivity contribution in [2.45, 2.75) is 20.4 Å². The van der Waals surface area contributed by atoms with Crippen LogP contribution < -0.4 is 10.6 Å². The molecule has 1 heterocycles. The molecule has 0 radical (unpaired) electrons. The van der Waals surface area contributed by atoms with Gasteiger partial charge in [-0.05, 0) is 38.1 Å². The normalized spacial score (nSPS) is 10.4. The molecular formula is C15H18N2OS. The van der Waals surface area contributed by atoms with Crippen molar-refractivity contribution in [3.05, 3.63) is 53.5 Å². The number of anilines is 1. The topological polar surface area (TPSA) is 42.4 Å². The molecule has 0 bridgehead atoms. The molecule has 0 amide bonds. The smallest absolute Gasteiger partial charge is 0.123 e. The van der Waals surface area contributed by atoms with Crippen molar-refractivity contribution < 1.29 is 4.42 Å². The zero-order valence-electron chi connectivity index (χ0n) is 11.2. The highest BCUT2D eigenvalue weighted by atomic mass is 32.1. The number of nitrogens with zero attached hydrogens (tertiary/aromatic N) is 1. The van der Waals surface area contributed by atoms with E-state index in [4.69, 9.17) is 22.4 Å². The van der Waals surface area contributed by atoms with Gasteiger partial charge >= 0.3 is 0 Å². The van der Waals surface area contributed by atoms with E-state index in [9.17, 15) is 0 Å². The van der Waals surface area contributed by atoms with Crippen LogP contribution in [-0.4, -0.2) is 11.5 Å². The molecular weight excluding hydrogens is 256 g/mol. The van der Waals surface area contributed by atoms with Gasteiger partial charge in [-0.2, -0.15) is 0 Å². The molecule has 0 aliphatic rings. The van der Waals surface area contributed by atoms with Crippen molar-refractivity contribution in [2.24, 2.45) is 5.73 Å². The summed E-state index contributed by atoms with van der Waals surface area (Å²) < 4.78 is 5.41. The van der Waals surface area contributed by atoms with Crippen molar-refractivity contribution in [1.29, 1.82) is 0 Å². The number of aryl methyl sites for hydroxylation is 1. The minimum absolute atomic E-state index is 0.427. The van der Waals surface area contributed by atoms with Crippen LogP contribution in [0.15, 0.2) is 41.0 Å². The fraction of sp³-hybridized carbons (Fsp3) is 0.267. The van der Waals surface area contributed by atoms with E-state index in [1.54, 1.807) is 6.26 Å².